The summed E-state index contributed by atoms with van der Waals surface area (Å²) in [4.78, 5) is 57.7. The highest BCUT2D eigenvalue weighted by atomic mass is 32.2. The van der Waals surface area contributed by atoms with Crippen molar-refractivity contribution < 1.29 is 29.1 Å². The van der Waals surface area contributed by atoms with E-state index in [1.54, 1.807) is 0 Å². The van der Waals surface area contributed by atoms with Gasteiger partial charge in [-0.05, 0) is 31.8 Å². The van der Waals surface area contributed by atoms with Crippen molar-refractivity contribution in [2.45, 2.75) is 44.3 Å². The van der Waals surface area contributed by atoms with Gasteiger partial charge in [-0.2, -0.15) is 11.8 Å². The number of carboxylic acid groups (broad SMARTS) is 1. The maximum atomic E-state index is 12.4. The van der Waals surface area contributed by atoms with Crippen molar-refractivity contribution in [3.63, 3.8) is 0 Å². The van der Waals surface area contributed by atoms with Crippen molar-refractivity contribution in [1.29, 1.82) is 0 Å². The van der Waals surface area contributed by atoms with Crippen molar-refractivity contribution in [2.75, 3.05) is 18.6 Å². The van der Waals surface area contributed by atoms with E-state index in [0.717, 1.165) is 0 Å². The van der Waals surface area contributed by atoms with E-state index in [-0.39, 0.29) is 12.8 Å². The number of rotatable bonds is 13. The number of carbonyl (C=O) groups excluding carboxylic acids is 4. The fourth-order valence-electron chi connectivity index (χ4n) is 1.91. The molecule has 154 valence electrons. The molecule has 0 spiro atoms. The molecule has 0 aliphatic heterocycles. The summed E-state index contributed by atoms with van der Waals surface area (Å²) in [6, 6.07) is -2.98. The standard InChI is InChI=1S/C15H27N5O6S/c1-8(13(24)18-7-12(22)23)19-15(26)10(3-4-11(17)21)20-14(25)9(16)5-6-27-2/h8-10H,3-7,16H2,1-2H3,(H2,17,21)(H,18,24)(H,19,26)(H,20,25)(H,22,23). The molecule has 8 N–H and O–H groups in total. The smallest absolute Gasteiger partial charge is 0.322 e. The van der Waals surface area contributed by atoms with Crippen molar-refractivity contribution in [3.05, 3.63) is 0 Å². The second-order valence-electron chi connectivity index (χ2n) is 5.80. The molecule has 0 aliphatic rings. The average Bonchev–Trinajstić information content (AvgIpc) is 2.60. The third-order valence-electron chi connectivity index (χ3n) is 3.45. The highest BCUT2D eigenvalue weighted by Gasteiger charge is 2.26. The van der Waals surface area contributed by atoms with Crippen molar-refractivity contribution in [1.82, 2.24) is 16.0 Å². The maximum absolute atomic E-state index is 12.4. The molecule has 0 aliphatic carbocycles. The minimum absolute atomic E-state index is 0.0639. The van der Waals surface area contributed by atoms with Crippen LogP contribution in [-0.2, 0) is 24.0 Å². The summed E-state index contributed by atoms with van der Waals surface area (Å²) >= 11 is 1.52. The summed E-state index contributed by atoms with van der Waals surface area (Å²) < 4.78 is 0. The molecule has 12 heteroatoms. The number of thioether (sulfide) groups is 1. The highest BCUT2D eigenvalue weighted by Crippen LogP contribution is 2.02. The average molecular weight is 405 g/mol. The predicted molar refractivity (Wildman–Crippen MR) is 99.6 cm³/mol. The molecule has 0 heterocycles. The van der Waals surface area contributed by atoms with Gasteiger partial charge in [0, 0.05) is 6.42 Å². The van der Waals surface area contributed by atoms with E-state index < -0.39 is 54.3 Å². The van der Waals surface area contributed by atoms with Gasteiger partial charge < -0.3 is 32.5 Å². The van der Waals surface area contributed by atoms with Gasteiger partial charge in [0.15, 0.2) is 0 Å². The summed E-state index contributed by atoms with van der Waals surface area (Å²) in [6.07, 6.45) is 2.05. The molecule has 0 saturated carbocycles. The Morgan fingerprint density at radius 3 is 2.19 bits per heavy atom. The Kier molecular flexibility index (Phi) is 11.8. The Hall–Kier alpha value is -2.34. The van der Waals surface area contributed by atoms with E-state index in [2.05, 4.69) is 16.0 Å². The zero-order chi connectivity index (χ0) is 21.0. The summed E-state index contributed by atoms with van der Waals surface area (Å²) in [6.45, 7) is 0.761. The lowest BCUT2D eigenvalue weighted by molar-refractivity contribution is -0.138. The molecule has 0 aromatic carbocycles. The summed E-state index contributed by atoms with van der Waals surface area (Å²) in [7, 11) is 0. The number of nitrogens with one attached hydrogen (secondary N) is 3. The van der Waals surface area contributed by atoms with Gasteiger partial charge in [-0.25, -0.2) is 0 Å². The highest BCUT2D eigenvalue weighted by molar-refractivity contribution is 7.98. The minimum atomic E-state index is -1.23. The molecule has 0 aromatic rings. The zero-order valence-electron chi connectivity index (χ0n) is 15.3. The van der Waals surface area contributed by atoms with Gasteiger partial charge in [0.05, 0.1) is 6.04 Å². The van der Waals surface area contributed by atoms with Crippen molar-refractivity contribution >= 4 is 41.4 Å². The first-order valence-electron chi connectivity index (χ1n) is 8.21. The van der Waals surface area contributed by atoms with Crippen LogP contribution in [-0.4, -0.2) is 71.4 Å². The topological polar surface area (TPSA) is 194 Å². The van der Waals surface area contributed by atoms with E-state index in [4.69, 9.17) is 16.6 Å². The van der Waals surface area contributed by atoms with Crippen LogP contribution >= 0.6 is 11.8 Å². The number of carbonyl (C=O) groups is 5. The molecular weight excluding hydrogens is 378 g/mol. The van der Waals surface area contributed by atoms with E-state index in [1.807, 2.05) is 6.26 Å². The summed E-state index contributed by atoms with van der Waals surface area (Å²) in [5.41, 5.74) is 10.8. The van der Waals surface area contributed by atoms with Gasteiger partial charge in [-0.1, -0.05) is 0 Å². The second kappa shape index (κ2) is 12.9. The monoisotopic (exact) mass is 405 g/mol. The number of primary amides is 1. The molecule has 4 amide bonds. The third kappa shape index (κ3) is 11.1. The van der Waals surface area contributed by atoms with Crippen molar-refractivity contribution in [2.24, 2.45) is 11.5 Å². The Morgan fingerprint density at radius 1 is 1.04 bits per heavy atom. The molecule has 11 nitrogen and oxygen atoms in total. The first-order valence-corrected chi connectivity index (χ1v) is 9.60. The number of aliphatic carboxylic acids is 1. The van der Waals surface area contributed by atoms with E-state index in [9.17, 15) is 24.0 Å². The molecule has 0 bridgehead atoms. The lowest BCUT2D eigenvalue weighted by atomic mass is 10.1. The number of hydrogen-bond acceptors (Lipinski definition) is 7. The fourth-order valence-corrected chi connectivity index (χ4v) is 2.40. The Labute approximate surface area is 161 Å². The van der Waals surface area contributed by atoms with E-state index in [0.29, 0.717) is 12.2 Å². The minimum Gasteiger partial charge on any atom is -0.480 e. The summed E-state index contributed by atoms with van der Waals surface area (Å²) in [5.74, 6) is -3.19. The molecule has 0 saturated heterocycles. The van der Waals surface area contributed by atoms with Gasteiger partial charge >= 0.3 is 5.97 Å². The second-order valence-corrected chi connectivity index (χ2v) is 6.78. The van der Waals surface area contributed by atoms with Crippen LogP contribution in [0, 0.1) is 0 Å². The normalized spacial score (nSPS) is 13.7. The zero-order valence-corrected chi connectivity index (χ0v) is 16.1. The molecule has 0 fully saturated rings. The van der Waals surface area contributed by atoms with Crippen LogP contribution in [0.5, 0.6) is 0 Å². The number of carboxylic acids is 1. The van der Waals surface area contributed by atoms with Crippen LogP contribution < -0.4 is 27.4 Å². The number of nitrogens with two attached hydrogens (primary N) is 2. The maximum Gasteiger partial charge on any atom is 0.322 e. The molecular formula is C15H27N5O6S. The van der Waals surface area contributed by atoms with Crippen LogP contribution in [0.25, 0.3) is 0 Å². The lowest BCUT2D eigenvalue weighted by Gasteiger charge is -2.22. The molecule has 27 heavy (non-hydrogen) atoms. The summed E-state index contributed by atoms with van der Waals surface area (Å²) in [5, 5.41) is 15.5. The molecule has 3 atom stereocenters. The van der Waals surface area contributed by atoms with E-state index in [1.165, 1.54) is 18.7 Å². The van der Waals surface area contributed by atoms with Gasteiger partial charge in [-0.3, -0.25) is 24.0 Å². The lowest BCUT2D eigenvalue weighted by Crippen LogP contribution is -2.55. The van der Waals surface area contributed by atoms with Gasteiger partial charge in [0.1, 0.15) is 18.6 Å². The first-order chi connectivity index (χ1) is 12.6. The predicted octanol–water partition coefficient (Wildman–Crippen LogP) is -2.48. The number of amides is 4. The van der Waals surface area contributed by atoms with Gasteiger partial charge in [0.25, 0.3) is 0 Å². The van der Waals surface area contributed by atoms with Gasteiger partial charge in [-0.15, -0.1) is 0 Å². The van der Waals surface area contributed by atoms with Crippen LogP contribution in [0.1, 0.15) is 26.2 Å². The van der Waals surface area contributed by atoms with Crippen LogP contribution in [0.4, 0.5) is 0 Å². The fraction of sp³-hybridized carbons (Fsp3) is 0.667. The largest absolute Gasteiger partial charge is 0.480 e. The number of hydrogen-bond donors (Lipinski definition) is 6. The molecule has 3 unspecified atom stereocenters. The molecule has 0 aromatic heterocycles. The SMILES string of the molecule is CSCCC(N)C(=O)NC(CCC(N)=O)C(=O)NC(C)C(=O)NCC(=O)O. The van der Waals surface area contributed by atoms with Crippen molar-refractivity contribution in [3.8, 4) is 0 Å². The third-order valence-corrected chi connectivity index (χ3v) is 4.09. The Bertz CT molecular complexity index is 559. The van der Waals surface area contributed by atoms with Crippen LogP contribution in [0.3, 0.4) is 0 Å². The molecule has 0 rings (SSSR count). The Morgan fingerprint density at radius 2 is 1.67 bits per heavy atom. The Balaban J connectivity index is 4.87. The quantitative estimate of drug-likeness (QED) is 0.194. The van der Waals surface area contributed by atoms with Crippen LogP contribution in [0.2, 0.25) is 0 Å². The van der Waals surface area contributed by atoms with Gasteiger partial charge in [0.2, 0.25) is 23.6 Å². The van der Waals surface area contributed by atoms with Crippen LogP contribution in [0.15, 0.2) is 0 Å². The first kappa shape index (κ1) is 24.7. The van der Waals surface area contributed by atoms with E-state index >= 15 is 0 Å². The molecule has 0 radical (unpaired) electrons.